The molecule has 3 aromatic carbocycles. The van der Waals surface area contributed by atoms with Gasteiger partial charge in [-0.15, -0.1) is 0 Å². The van der Waals surface area contributed by atoms with Gasteiger partial charge in [0.25, 0.3) is 0 Å². The van der Waals surface area contributed by atoms with Crippen LogP contribution in [0.1, 0.15) is 12.5 Å². The lowest BCUT2D eigenvalue weighted by atomic mass is 10.1. The Balaban J connectivity index is 1.37. The number of hydrogen-bond donors (Lipinski definition) is 2. The van der Waals surface area contributed by atoms with Crippen LogP contribution in [0.15, 0.2) is 60.7 Å². The van der Waals surface area contributed by atoms with Gasteiger partial charge in [-0.3, -0.25) is 0 Å². The molecule has 0 unspecified atom stereocenters. The molecule has 164 valence electrons. The summed E-state index contributed by atoms with van der Waals surface area (Å²) in [6.45, 7) is 3.03. The Morgan fingerprint density at radius 2 is 1.75 bits per heavy atom. The van der Waals surface area contributed by atoms with Crippen molar-refractivity contribution < 1.29 is 14.3 Å². The summed E-state index contributed by atoms with van der Waals surface area (Å²) in [7, 11) is 0. The number of halogens is 2. The zero-order valence-electron chi connectivity index (χ0n) is 17.3. The predicted molar refractivity (Wildman–Crippen MR) is 127 cm³/mol. The second-order valence-corrected chi connectivity index (χ2v) is 7.82. The van der Waals surface area contributed by atoms with Crippen LogP contribution >= 0.6 is 23.2 Å². The monoisotopic (exact) mass is 469 g/mol. The molecule has 0 saturated heterocycles. The van der Waals surface area contributed by atoms with E-state index in [9.17, 15) is 4.79 Å². The first-order valence-electron chi connectivity index (χ1n) is 10.1. The van der Waals surface area contributed by atoms with Crippen molar-refractivity contribution in [3.8, 4) is 22.9 Å². The number of carbonyl (C=O) groups is 1. The Kier molecular flexibility index (Phi) is 6.83. The largest absolute Gasteiger partial charge is 0.494 e. The lowest BCUT2D eigenvalue weighted by Gasteiger charge is -2.07. The van der Waals surface area contributed by atoms with E-state index < -0.39 is 6.09 Å². The summed E-state index contributed by atoms with van der Waals surface area (Å²) in [5.41, 5.74) is 3.13. The fourth-order valence-corrected chi connectivity index (χ4v) is 3.84. The molecular formula is C24H21Cl2N3O3. The molecule has 0 aliphatic carbocycles. The highest BCUT2D eigenvalue weighted by atomic mass is 35.5. The number of amides is 1. The van der Waals surface area contributed by atoms with Gasteiger partial charge in [0.05, 0.1) is 33.2 Å². The SMILES string of the molecule is CCOc1ccc(CCNC(=O)Oc2ccc3nc(-c4c(Cl)cccc4Cl)[nH]c3c2)cc1. The average Bonchev–Trinajstić information content (AvgIpc) is 3.18. The van der Waals surface area contributed by atoms with E-state index in [4.69, 9.17) is 32.7 Å². The molecule has 6 nitrogen and oxygen atoms in total. The van der Waals surface area contributed by atoms with Crippen molar-refractivity contribution in [1.29, 1.82) is 0 Å². The molecule has 0 aliphatic rings. The number of nitrogens with one attached hydrogen (secondary N) is 2. The van der Waals surface area contributed by atoms with E-state index in [-0.39, 0.29) is 0 Å². The van der Waals surface area contributed by atoms with E-state index in [1.807, 2.05) is 31.2 Å². The van der Waals surface area contributed by atoms with Crippen molar-refractivity contribution >= 4 is 40.3 Å². The highest BCUT2D eigenvalue weighted by Crippen LogP contribution is 2.34. The van der Waals surface area contributed by atoms with Gasteiger partial charge in [0.1, 0.15) is 17.3 Å². The number of aromatic nitrogens is 2. The van der Waals surface area contributed by atoms with Crippen LogP contribution in [0.3, 0.4) is 0 Å². The minimum absolute atomic E-state index is 0.400. The molecule has 32 heavy (non-hydrogen) atoms. The number of imidazole rings is 1. The van der Waals surface area contributed by atoms with Crippen LogP contribution in [0.25, 0.3) is 22.4 Å². The molecule has 1 aromatic heterocycles. The van der Waals surface area contributed by atoms with Crippen LogP contribution in [0.5, 0.6) is 11.5 Å². The second kappa shape index (κ2) is 9.94. The smallest absolute Gasteiger partial charge is 0.412 e. The Labute approximate surface area is 195 Å². The summed E-state index contributed by atoms with van der Waals surface area (Å²) in [5.74, 6) is 1.78. The molecule has 1 heterocycles. The lowest BCUT2D eigenvalue weighted by molar-refractivity contribution is 0.200. The molecule has 8 heteroatoms. The maximum atomic E-state index is 12.2. The highest BCUT2D eigenvalue weighted by Gasteiger charge is 2.14. The summed E-state index contributed by atoms with van der Waals surface area (Å²) < 4.78 is 10.8. The number of benzene rings is 3. The Hall–Kier alpha value is -3.22. The van der Waals surface area contributed by atoms with E-state index in [0.29, 0.717) is 57.8 Å². The Morgan fingerprint density at radius 1 is 1.03 bits per heavy atom. The van der Waals surface area contributed by atoms with Gasteiger partial charge in [-0.2, -0.15) is 0 Å². The zero-order chi connectivity index (χ0) is 22.5. The average molecular weight is 470 g/mol. The standard InChI is InChI=1S/C24H21Cl2N3O3/c1-2-31-16-8-6-15(7-9-16)12-13-27-24(30)32-17-10-11-20-21(14-17)29-23(28-20)22-18(25)4-3-5-19(22)26/h3-11,14H,2,12-13H2,1H3,(H,27,30)(H,28,29). The third-order valence-electron chi connectivity index (χ3n) is 4.78. The molecule has 1 amide bonds. The molecule has 0 saturated carbocycles. The Bertz CT molecular complexity index is 1220. The molecule has 0 spiro atoms. The first-order valence-corrected chi connectivity index (χ1v) is 10.9. The van der Waals surface area contributed by atoms with Crippen LogP contribution in [-0.2, 0) is 6.42 Å². The summed E-state index contributed by atoms with van der Waals surface area (Å²) in [6, 6.07) is 18.2. The van der Waals surface area contributed by atoms with E-state index >= 15 is 0 Å². The van der Waals surface area contributed by atoms with Gasteiger partial charge in [0.15, 0.2) is 0 Å². The first kappa shape index (κ1) is 22.0. The van der Waals surface area contributed by atoms with Gasteiger partial charge in [0, 0.05) is 12.6 Å². The maximum absolute atomic E-state index is 12.2. The molecular weight excluding hydrogens is 449 g/mol. The van der Waals surface area contributed by atoms with Crippen molar-refractivity contribution in [2.45, 2.75) is 13.3 Å². The third kappa shape index (κ3) is 5.15. The van der Waals surface area contributed by atoms with Crippen LogP contribution in [-0.4, -0.2) is 29.2 Å². The molecule has 0 atom stereocenters. The highest BCUT2D eigenvalue weighted by molar-refractivity contribution is 6.39. The van der Waals surface area contributed by atoms with Gasteiger partial charge < -0.3 is 19.8 Å². The summed E-state index contributed by atoms with van der Waals surface area (Å²) in [6.07, 6.45) is 0.160. The van der Waals surface area contributed by atoms with Crippen molar-refractivity contribution in [1.82, 2.24) is 15.3 Å². The molecule has 0 bridgehead atoms. The van der Waals surface area contributed by atoms with Gasteiger partial charge >= 0.3 is 6.09 Å². The van der Waals surface area contributed by atoms with Crippen molar-refractivity contribution in [3.63, 3.8) is 0 Å². The number of ether oxygens (including phenoxy) is 2. The normalized spacial score (nSPS) is 10.8. The number of carbonyl (C=O) groups excluding carboxylic acids is 1. The van der Waals surface area contributed by atoms with E-state index in [2.05, 4.69) is 15.3 Å². The van der Waals surface area contributed by atoms with Gasteiger partial charge in [-0.25, -0.2) is 9.78 Å². The molecule has 0 fully saturated rings. The van der Waals surface area contributed by atoms with E-state index in [1.54, 1.807) is 36.4 Å². The minimum Gasteiger partial charge on any atom is -0.494 e. The van der Waals surface area contributed by atoms with Crippen molar-refractivity contribution in [2.24, 2.45) is 0 Å². The molecule has 4 aromatic rings. The fraction of sp³-hybridized carbons (Fsp3) is 0.167. The summed E-state index contributed by atoms with van der Waals surface area (Å²) in [5, 5.41) is 3.76. The number of aromatic amines is 1. The van der Waals surface area contributed by atoms with Gasteiger partial charge in [0.2, 0.25) is 0 Å². The van der Waals surface area contributed by atoms with Crippen molar-refractivity contribution in [2.75, 3.05) is 13.2 Å². The van der Waals surface area contributed by atoms with E-state index in [1.165, 1.54) is 0 Å². The zero-order valence-corrected chi connectivity index (χ0v) is 18.8. The fourth-order valence-electron chi connectivity index (χ4n) is 3.27. The predicted octanol–water partition coefficient (Wildman–Crippen LogP) is 6.27. The molecule has 0 aliphatic heterocycles. The molecule has 2 N–H and O–H groups in total. The number of rotatable bonds is 7. The quantitative estimate of drug-likeness (QED) is 0.334. The maximum Gasteiger partial charge on any atom is 0.412 e. The number of fused-ring (bicyclic) bond motifs is 1. The van der Waals surface area contributed by atoms with Crippen molar-refractivity contribution in [3.05, 3.63) is 76.3 Å². The van der Waals surface area contributed by atoms with Gasteiger partial charge in [-0.1, -0.05) is 41.4 Å². The van der Waals surface area contributed by atoms with Crippen LogP contribution in [0.2, 0.25) is 10.0 Å². The number of nitrogens with zero attached hydrogens (tertiary/aromatic N) is 1. The van der Waals surface area contributed by atoms with E-state index in [0.717, 1.165) is 11.3 Å². The summed E-state index contributed by atoms with van der Waals surface area (Å²) >= 11 is 12.6. The Morgan fingerprint density at radius 3 is 2.47 bits per heavy atom. The van der Waals surface area contributed by atoms with Crippen LogP contribution in [0, 0.1) is 0 Å². The summed E-state index contributed by atoms with van der Waals surface area (Å²) in [4.78, 5) is 19.9. The third-order valence-corrected chi connectivity index (χ3v) is 5.41. The number of hydrogen-bond acceptors (Lipinski definition) is 4. The van der Waals surface area contributed by atoms with Gasteiger partial charge in [-0.05, 0) is 55.3 Å². The molecule has 4 rings (SSSR count). The number of H-pyrrole nitrogens is 1. The topological polar surface area (TPSA) is 76.2 Å². The minimum atomic E-state index is -0.524. The second-order valence-electron chi connectivity index (χ2n) is 7.00. The molecule has 0 radical (unpaired) electrons. The lowest BCUT2D eigenvalue weighted by Crippen LogP contribution is -2.28. The van der Waals surface area contributed by atoms with Crippen LogP contribution < -0.4 is 14.8 Å². The van der Waals surface area contributed by atoms with Crippen LogP contribution in [0.4, 0.5) is 4.79 Å². The first-order chi connectivity index (χ1) is 15.5.